The van der Waals surface area contributed by atoms with Crippen molar-refractivity contribution in [1.82, 2.24) is 4.90 Å². The molecule has 0 aromatic heterocycles. The van der Waals surface area contributed by atoms with Gasteiger partial charge in [0, 0.05) is 18.7 Å². The largest absolute Gasteiger partial charge is 0.378 e. The predicted octanol–water partition coefficient (Wildman–Crippen LogP) is 1.26. The van der Waals surface area contributed by atoms with Crippen molar-refractivity contribution in [3.63, 3.8) is 0 Å². The molecular weight excluding hydrogens is 150 g/mol. The Hall–Kier alpha value is -0.0800. The molecule has 0 N–H and O–H groups in total. The SMILES string of the molecule is CN1C2CC3CCCOC3CC21. The topological polar surface area (TPSA) is 12.2 Å². The van der Waals surface area contributed by atoms with Crippen molar-refractivity contribution in [1.29, 1.82) is 0 Å². The Morgan fingerprint density at radius 1 is 1.25 bits per heavy atom. The molecule has 2 aliphatic heterocycles. The summed E-state index contributed by atoms with van der Waals surface area (Å²) < 4.78 is 5.80. The van der Waals surface area contributed by atoms with Crippen LogP contribution in [0.2, 0.25) is 0 Å². The van der Waals surface area contributed by atoms with E-state index in [9.17, 15) is 0 Å². The summed E-state index contributed by atoms with van der Waals surface area (Å²) >= 11 is 0. The summed E-state index contributed by atoms with van der Waals surface area (Å²) in [7, 11) is 2.26. The number of likely N-dealkylation sites (N-methyl/N-ethyl adjacent to an activating group) is 1. The van der Waals surface area contributed by atoms with Crippen LogP contribution in [0.4, 0.5) is 0 Å². The van der Waals surface area contributed by atoms with Gasteiger partial charge in [-0.3, -0.25) is 4.90 Å². The molecule has 0 radical (unpaired) electrons. The number of fused-ring (bicyclic) bond motifs is 2. The number of rotatable bonds is 0. The molecule has 12 heavy (non-hydrogen) atoms. The molecule has 0 aromatic carbocycles. The molecular formula is C10H17NO. The second-order valence-electron chi connectivity index (χ2n) is 4.58. The van der Waals surface area contributed by atoms with Gasteiger partial charge in [0.25, 0.3) is 0 Å². The Bertz CT molecular complexity index is 174. The quantitative estimate of drug-likeness (QED) is 0.503. The van der Waals surface area contributed by atoms with Crippen LogP contribution in [0.5, 0.6) is 0 Å². The van der Waals surface area contributed by atoms with Crippen LogP contribution >= 0.6 is 0 Å². The van der Waals surface area contributed by atoms with E-state index >= 15 is 0 Å². The summed E-state index contributed by atoms with van der Waals surface area (Å²) in [5.74, 6) is 0.893. The highest BCUT2D eigenvalue weighted by molar-refractivity contribution is 5.07. The van der Waals surface area contributed by atoms with Crippen LogP contribution in [0.3, 0.4) is 0 Å². The number of nitrogens with zero attached hydrogens (tertiary/aromatic N) is 1. The monoisotopic (exact) mass is 167 g/mol. The third-order valence-corrected chi connectivity index (χ3v) is 4.00. The fourth-order valence-electron chi connectivity index (χ4n) is 3.10. The van der Waals surface area contributed by atoms with E-state index < -0.39 is 0 Å². The lowest BCUT2D eigenvalue weighted by atomic mass is 9.82. The van der Waals surface area contributed by atoms with Crippen molar-refractivity contribution in [3.05, 3.63) is 0 Å². The van der Waals surface area contributed by atoms with Gasteiger partial charge in [0.05, 0.1) is 6.10 Å². The minimum Gasteiger partial charge on any atom is -0.378 e. The van der Waals surface area contributed by atoms with Gasteiger partial charge >= 0.3 is 0 Å². The van der Waals surface area contributed by atoms with Gasteiger partial charge in [-0.15, -0.1) is 0 Å². The normalized spacial score (nSPS) is 57.2. The molecule has 2 nitrogen and oxygen atoms in total. The molecule has 0 spiro atoms. The van der Waals surface area contributed by atoms with E-state index in [1.54, 1.807) is 0 Å². The molecule has 2 heterocycles. The molecule has 1 saturated carbocycles. The molecule has 68 valence electrons. The van der Waals surface area contributed by atoms with Crippen molar-refractivity contribution in [2.75, 3.05) is 13.7 Å². The molecule has 5 unspecified atom stereocenters. The molecule has 2 heteroatoms. The van der Waals surface area contributed by atoms with Crippen molar-refractivity contribution < 1.29 is 4.74 Å². The third-order valence-electron chi connectivity index (χ3n) is 4.00. The van der Waals surface area contributed by atoms with E-state index in [-0.39, 0.29) is 0 Å². The number of hydrogen-bond acceptors (Lipinski definition) is 2. The second-order valence-corrected chi connectivity index (χ2v) is 4.58. The maximum Gasteiger partial charge on any atom is 0.0619 e. The predicted molar refractivity (Wildman–Crippen MR) is 47.0 cm³/mol. The molecule has 5 atom stereocenters. The molecule has 3 fully saturated rings. The lowest BCUT2D eigenvalue weighted by Crippen LogP contribution is -2.35. The summed E-state index contributed by atoms with van der Waals surface area (Å²) in [5.41, 5.74) is 0. The van der Waals surface area contributed by atoms with Crippen molar-refractivity contribution in [3.8, 4) is 0 Å². The molecule has 3 aliphatic rings. The van der Waals surface area contributed by atoms with Crippen LogP contribution in [-0.4, -0.2) is 36.7 Å². The smallest absolute Gasteiger partial charge is 0.0619 e. The van der Waals surface area contributed by atoms with E-state index in [2.05, 4.69) is 11.9 Å². The van der Waals surface area contributed by atoms with Crippen molar-refractivity contribution >= 4 is 0 Å². The first-order chi connectivity index (χ1) is 5.86. The van der Waals surface area contributed by atoms with E-state index in [0.29, 0.717) is 6.10 Å². The molecule has 0 bridgehead atoms. The van der Waals surface area contributed by atoms with Gasteiger partial charge in [-0.25, -0.2) is 0 Å². The summed E-state index contributed by atoms with van der Waals surface area (Å²) in [6.45, 7) is 1.02. The Labute approximate surface area is 73.9 Å². The van der Waals surface area contributed by atoms with Gasteiger partial charge in [-0.2, -0.15) is 0 Å². The van der Waals surface area contributed by atoms with Crippen LogP contribution in [0, 0.1) is 5.92 Å². The fraction of sp³-hybridized carbons (Fsp3) is 1.00. The first-order valence-electron chi connectivity index (χ1n) is 5.20. The summed E-state index contributed by atoms with van der Waals surface area (Å²) in [5, 5.41) is 0. The Morgan fingerprint density at radius 3 is 3.00 bits per heavy atom. The van der Waals surface area contributed by atoms with Crippen molar-refractivity contribution in [2.24, 2.45) is 5.92 Å². The van der Waals surface area contributed by atoms with Crippen LogP contribution in [0.1, 0.15) is 25.7 Å². The Morgan fingerprint density at radius 2 is 2.08 bits per heavy atom. The van der Waals surface area contributed by atoms with E-state index in [1.807, 2.05) is 0 Å². The minimum absolute atomic E-state index is 0.616. The molecule has 0 amide bonds. The van der Waals surface area contributed by atoms with E-state index in [1.165, 1.54) is 25.7 Å². The van der Waals surface area contributed by atoms with Gasteiger partial charge < -0.3 is 4.74 Å². The first kappa shape index (κ1) is 7.34. The van der Waals surface area contributed by atoms with Crippen molar-refractivity contribution in [2.45, 2.75) is 43.9 Å². The zero-order chi connectivity index (χ0) is 8.13. The van der Waals surface area contributed by atoms with E-state index in [4.69, 9.17) is 4.74 Å². The zero-order valence-corrected chi connectivity index (χ0v) is 7.70. The average molecular weight is 167 g/mol. The highest BCUT2D eigenvalue weighted by Crippen LogP contribution is 2.45. The Kier molecular flexibility index (Phi) is 1.50. The van der Waals surface area contributed by atoms with Crippen LogP contribution in [0.25, 0.3) is 0 Å². The summed E-state index contributed by atoms with van der Waals surface area (Å²) in [4.78, 5) is 2.52. The van der Waals surface area contributed by atoms with Gasteiger partial charge in [-0.1, -0.05) is 0 Å². The van der Waals surface area contributed by atoms with Gasteiger partial charge in [-0.05, 0) is 38.6 Å². The van der Waals surface area contributed by atoms with Gasteiger partial charge in [0.1, 0.15) is 0 Å². The minimum atomic E-state index is 0.616. The molecule has 2 saturated heterocycles. The Balaban J connectivity index is 1.72. The molecule has 1 aliphatic carbocycles. The maximum atomic E-state index is 5.80. The fourth-order valence-corrected chi connectivity index (χ4v) is 3.10. The lowest BCUT2D eigenvalue weighted by Gasteiger charge is -2.34. The second kappa shape index (κ2) is 2.46. The number of ether oxygens (including phenoxy) is 1. The molecule has 3 rings (SSSR count). The van der Waals surface area contributed by atoms with E-state index in [0.717, 1.165) is 24.6 Å². The van der Waals surface area contributed by atoms with Gasteiger partial charge in [0.2, 0.25) is 0 Å². The summed E-state index contributed by atoms with van der Waals surface area (Å²) in [6.07, 6.45) is 6.05. The standard InChI is InChI=1S/C10H17NO/c1-11-8-5-7-3-2-4-12-10(7)6-9(8)11/h7-10H,2-6H2,1H3. The first-order valence-corrected chi connectivity index (χ1v) is 5.20. The van der Waals surface area contributed by atoms with Crippen LogP contribution < -0.4 is 0 Å². The average Bonchev–Trinajstić information content (AvgIpc) is 2.74. The zero-order valence-electron chi connectivity index (χ0n) is 7.70. The van der Waals surface area contributed by atoms with Gasteiger partial charge in [0.15, 0.2) is 0 Å². The highest BCUT2D eigenvalue weighted by Gasteiger charge is 2.52. The van der Waals surface area contributed by atoms with Crippen LogP contribution in [-0.2, 0) is 4.74 Å². The summed E-state index contributed by atoms with van der Waals surface area (Å²) in [6, 6.07) is 1.80. The van der Waals surface area contributed by atoms with Crippen LogP contribution in [0.15, 0.2) is 0 Å². The number of likely N-dealkylation sites (tertiary alicyclic amines) is 1. The molecule has 0 aromatic rings. The maximum absolute atomic E-state index is 5.80. The number of hydrogen-bond donors (Lipinski definition) is 0. The lowest BCUT2D eigenvalue weighted by molar-refractivity contribution is -0.0406. The highest BCUT2D eigenvalue weighted by atomic mass is 16.5. The third kappa shape index (κ3) is 0.944.